The lowest BCUT2D eigenvalue weighted by atomic mass is 9.42. The van der Waals surface area contributed by atoms with Crippen molar-refractivity contribution in [3.8, 4) is 0 Å². The highest BCUT2D eigenvalue weighted by molar-refractivity contribution is 5.10. The summed E-state index contributed by atoms with van der Waals surface area (Å²) in [6.45, 7) is 5.76. The van der Waals surface area contributed by atoms with Gasteiger partial charge >= 0.3 is 0 Å². The number of ether oxygens (including phenoxy) is 1. The number of aliphatic hydroxyl groups excluding tert-OH is 2. The normalized spacial score (nSPS) is 55.3. The van der Waals surface area contributed by atoms with Crippen LogP contribution in [0.2, 0.25) is 0 Å². The van der Waals surface area contributed by atoms with E-state index in [0.717, 1.165) is 44.1 Å². The molecule has 0 aromatic rings. The minimum atomic E-state index is -0.0955. The Morgan fingerprint density at radius 2 is 1.60 bits per heavy atom. The molecule has 4 rings (SSSR count). The molecule has 0 aliphatic heterocycles. The molecule has 25 heavy (non-hydrogen) atoms. The molecule has 2 unspecified atom stereocenters. The molecule has 3 heteroatoms. The lowest BCUT2D eigenvalue weighted by molar-refractivity contribution is -0.158. The maximum atomic E-state index is 10.7. The van der Waals surface area contributed by atoms with Crippen LogP contribution >= 0.6 is 0 Å². The van der Waals surface area contributed by atoms with Crippen molar-refractivity contribution >= 4 is 0 Å². The van der Waals surface area contributed by atoms with E-state index in [0.29, 0.717) is 23.2 Å². The first-order chi connectivity index (χ1) is 11.9. The topological polar surface area (TPSA) is 49.7 Å². The summed E-state index contributed by atoms with van der Waals surface area (Å²) in [6, 6.07) is 0. The smallest absolute Gasteiger partial charge is 0.0596 e. The summed E-state index contributed by atoms with van der Waals surface area (Å²) in [5.41, 5.74) is 0.541. The first kappa shape index (κ1) is 18.3. The molecule has 4 fully saturated rings. The highest BCUT2D eigenvalue weighted by atomic mass is 16.5. The van der Waals surface area contributed by atoms with Gasteiger partial charge in [0, 0.05) is 13.7 Å². The van der Waals surface area contributed by atoms with Gasteiger partial charge in [-0.3, -0.25) is 0 Å². The molecule has 0 spiro atoms. The Balaban J connectivity index is 1.65. The summed E-state index contributed by atoms with van der Waals surface area (Å²) in [4.78, 5) is 0. The highest BCUT2D eigenvalue weighted by Crippen LogP contribution is 2.67. The lowest BCUT2D eigenvalue weighted by Gasteiger charge is -2.63. The van der Waals surface area contributed by atoms with E-state index in [9.17, 15) is 10.2 Å². The van der Waals surface area contributed by atoms with Crippen molar-refractivity contribution in [3.63, 3.8) is 0 Å². The SMILES string of the molecule is COCC[C@@H]1C[C@H]2[C@@H]3CC[C@H](O)[C@@]3(C)CC[C@@H]2[C@@]2(C)CCC(O)CC12. The first-order valence-corrected chi connectivity index (χ1v) is 10.7. The second kappa shape index (κ2) is 6.49. The molecule has 0 bridgehead atoms. The molecule has 0 heterocycles. The van der Waals surface area contributed by atoms with Gasteiger partial charge in [-0.25, -0.2) is 0 Å². The molecule has 4 aliphatic rings. The van der Waals surface area contributed by atoms with Gasteiger partial charge in [0.25, 0.3) is 0 Å². The largest absolute Gasteiger partial charge is 0.393 e. The Morgan fingerprint density at radius 1 is 0.880 bits per heavy atom. The molecule has 9 atom stereocenters. The van der Waals surface area contributed by atoms with Gasteiger partial charge in [0.2, 0.25) is 0 Å². The average molecular weight is 351 g/mol. The Kier molecular flexibility index (Phi) is 4.74. The highest BCUT2D eigenvalue weighted by Gasteiger charge is 2.61. The standard InChI is InChI=1S/C22H38O3/c1-21-9-6-15(23)13-19(21)14(8-11-25-3)12-16-17-4-5-20(24)22(17,2)10-7-18(16)21/h14-20,23-24H,4-13H2,1-3H3/t14-,15?,16+,17+,18+,19?,20+,21-,22+/m1/s1. The third-order valence-corrected chi connectivity index (χ3v) is 9.46. The molecule has 0 radical (unpaired) electrons. The fraction of sp³-hybridized carbons (Fsp3) is 1.00. The van der Waals surface area contributed by atoms with E-state index in [-0.39, 0.29) is 17.6 Å². The predicted molar refractivity (Wildman–Crippen MR) is 99.1 cm³/mol. The van der Waals surface area contributed by atoms with Crippen LogP contribution in [-0.2, 0) is 4.74 Å². The third kappa shape index (κ3) is 2.72. The van der Waals surface area contributed by atoms with E-state index in [1.165, 1.54) is 32.1 Å². The van der Waals surface area contributed by atoms with Crippen molar-refractivity contribution in [1.82, 2.24) is 0 Å². The van der Waals surface area contributed by atoms with Crippen molar-refractivity contribution in [2.45, 2.75) is 83.8 Å². The van der Waals surface area contributed by atoms with Crippen LogP contribution in [0, 0.1) is 40.4 Å². The fourth-order valence-electron chi connectivity index (χ4n) is 8.04. The van der Waals surface area contributed by atoms with Crippen LogP contribution in [0.15, 0.2) is 0 Å². The molecular formula is C22H38O3. The molecule has 144 valence electrons. The number of fused-ring (bicyclic) bond motifs is 5. The Labute approximate surface area is 153 Å². The van der Waals surface area contributed by atoms with E-state index in [2.05, 4.69) is 13.8 Å². The predicted octanol–water partition coefficient (Wildman–Crippen LogP) is 4.01. The summed E-state index contributed by atoms with van der Waals surface area (Å²) in [6.07, 6.45) is 10.1. The van der Waals surface area contributed by atoms with Gasteiger partial charge in [-0.05, 0) is 98.2 Å². The van der Waals surface area contributed by atoms with Gasteiger partial charge in [0.1, 0.15) is 0 Å². The van der Waals surface area contributed by atoms with Crippen molar-refractivity contribution in [2.75, 3.05) is 13.7 Å². The lowest BCUT2D eigenvalue weighted by Crippen LogP contribution is -2.57. The molecule has 0 aromatic carbocycles. The maximum Gasteiger partial charge on any atom is 0.0596 e. The van der Waals surface area contributed by atoms with Crippen LogP contribution in [-0.4, -0.2) is 36.1 Å². The second-order valence-corrected chi connectivity index (χ2v) is 10.3. The van der Waals surface area contributed by atoms with Gasteiger partial charge in [0.05, 0.1) is 12.2 Å². The quantitative estimate of drug-likeness (QED) is 0.808. The summed E-state index contributed by atoms with van der Waals surface area (Å²) in [5.74, 6) is 3.61. The van der Waals surface area contributed by atoms with Crippen molar-refractivity contribution in [1.29, 1.82) is 0 Å². The Hall–Kier alpha value is -0.120. The molecule has 0 amide bonds. The van der Waals surface area contributed by atoms with Gasteiger partial charge in [-0.2, -0.15) is 0 Å². The minimum absolute atomic E-state index is 0.0883. The summed E-state index contributed by atoms with van der Waals surface area (Å²) < 4.78 is 5.44. The third-order valence-electron chi connectivity index (χ3n) is 9.46. The number of hydrogen-bond acceptors (Lipinski definition) is 3. The summed E-state index contributed by atoms with van der Waals surface area (Å²) >= 11 is 0. The van der Waals surface area contributed by atoms with E-state index in [4.69, 9.17) is 4.74 Å². The minimum Gasteiger partial charge on any atom is -0.393 e. The monoisotopic (exact) mass is 350 g/mol. The van der Waals surface area contributed by atoms with E-state index in [1.54, 1.807) is 0 Å². The fourth-order valence-corrected chi connectivity index (χ4v) is 8.04. The first-order valence-electron chi connectivity index (χ1n) is 10.7. The molecule has 4 saturated carbocycles. The molecular weight excluding hydrogens is 312 g/mol. The molecule has 3 nitrogen and oxygen atoms in total. The van der Waals surface area contributed by atoms with E-state index >= 15 is 0 Å². The average Bonchev–Trinajstić information content (AvgIpc) is 2.89. The summed E-state index contributed by atoms with van der Waals surface area (Å²) in [5, 5.41) is 21.0. The van der Waals surface area contributed by atoms with E-state index < -0.39 is 0 Å². The van der Waals surface area contributed by atoms with Crippen LogP contribution in [0.5, 0.6) is 0 Å². The second-order valence-electron chi connectivity index (χ2n) is 10.3. The van der Waals surface area contributed by atoms with Crippen molar-refractivity contribution in [3.05, 3.63) is 0 Å². The van der Waals surface area contributed by atoms with Crippen LogP contribution in [0.4, 0.5) is 0 Å². The molecule has 0 aromatic heterocycles. The van der Waals surface area contributed by atoms with Crippen molar-refractivity contribution < 1.29 is 14.9 Å². The zero-order valence-electron chi connectivity index (χ0n) is 16.4. The maximum absolute atomic E-state index is 10.7. The van der Waals surface area contributed by atoms with Crippen LogP contribution in [0.3, 0.4) is 0 Å². The number of aliphatic hydroxyl groups is 2. The summed E-state index contributed by atoms with van der Waals surface area (Å²) in [7, 11) is 1.81. The van der Waals surface area contributed by atoms with Crippen molar-refractivity contribution in [2.24, 2.45) is 40.4 Å². The van der Waals surface area contributed by atoms with E-state index in [1.807, 2.05) is 7.11 Å². The Bertz CT molecular complexity index is 494. The van der Waals surface area contributed by atoms with Gasteiger partial charge < -0.3 is 14.9 Å². The van der Waals surface area contributed by atoms with Crippen LogP contribution in [0.1, 0.15) is 71.6 Å². The Morgan fingerprint density at radius 3 is 2.36 bits per heavy atom. The number of rotatable bonds is 3. The molecule has 4 aliphatic carbocycles. The van der Waals surface area contributed by atoms with Gasteiger partial charge in [-0.1, -0.05) is 13.8 Å². The zero-order chi connectivity index (χ0) is 17.8. The van der Waals surface area contributed by atoms with Crippen LogP contribution in [0.25, 0.3) is 0 Å². The van der Waals surface area contributed by atoms with Gasteiger partial charge in [-0.15, -0.1) is 0 Å². The molecule has 2 N–H and O–H groups in total. The van der Waals surface area contributed by atoms with Crippen LogP contribution < -0.4 is 0 Å². The molecule has 0 saturated heterocycles. The number of hydrogen-bond donors (Lipinski definition) is 2. The van der Waals surface area contributed by atoms with Gasteiger partial charge in [0.15, 0.2) is 0 Å². The number of methoxy groups -OCH3 is 1. The zero-order valence-corrected chi connectivity index (χ0v) is 16.4.